The van der Waals surface area contributed by atoms with Crippen molar-refractivity contribution in [3.05, 3.63) is 51.0 Å². The van der Waals surface area contributed by atoms with E-state index in [1.165, 1.54) is 6.07 Å². The van der Waals surface area contributed by atoms with Crippen molar-refractivity contribution in [1.82, 2.24) is 0 Å². The van der Waals surface area contributed by atoms with Crippen molar-refractivity contribution in [3.8, 4) is 11.5 Å². The number of anilines is 1. The predicted molar refractivity (Wildman–Crippen MR) is 90.1 cm³/mol. The van der Waals surface area contributed by atoms with Crippen LogP contribution in [-0.4, -0.2) is 19.2 Å². The number of benzene rings is 2. The minimum atomic E-state index is -0.477. The van der Waals surface area contributed by atoms with Gasteiger partial charge in [-0.3, -0.25) is 0 Å². The van der Waals surface area contributed by atoms with Gasteiger partial charge in [0, 0.05) is 10.0 Å². The van der Waals surface area contributed by atoms with Gasteiger partial charge in [-0.1, -0.05) is 27.5 Å². The molecule has 23 heavy (non-hydrogen) atoms. The summed E-state index contributed by atoms with van der Waals surface area (Å²) in [5.74, 6) is 0.833. The number of hydrogen-bond acceptors (Lipinski definition) is 5. The Labute approximate surface area is 146 Å². The highest BCUT2D eigenvalue weighted by Gasteiger charge is 2.16. The second-order valence-electron chi connectivity index (χ2n) is 4.90. The van der Waals surface area contributed by atoms with Crippen LogP contribution in [0.15, 0.2) is 34.8 Å². The van der Waals surface area contributed by atoms with E-state index in [1.54, 1.807) is 24.3 Å². The van der Waals surface area contributed by atoms with Crippen molar-refractivity contribution in [2.75, 3.05) is 18.9 Å². The van der Waals surface area contributed by atoms with Crippen molar-refractivity contribution in [2.24, 2.45) is 0 Å². The van der Waals surface area contributed by atoms with Gasteiger partial charge in [0.2, 0.25) is 0 Å². The number of hydrogen-bond donors (Lipinski definition) is 1. The molecule has 2 aromatic carbocycles. The van der Waals surface area contributed by atoms with Crippen LogP contribution in [0.1, 0.15) is 15.9 Å². The third-order valence-corrected chi connectivity index (χ3v) is 4.38. The van der Waals surface area contributed by atoms with E-state index in [-0.39, 0.29) is 6.61 Å². The summed E-state index contributed by atoms with van der Waals surface area (Å²) in [6.07, 6.45) is 0. The monoisotopic (exact) mass is 397 g/mol. The molecule has 0 fully saturated rings. The lowest BCUT2D eigenvalue weighted by atomic mass is 10.2. The number of fused-ring (bicyclic) bond motifs is 1. The van der Waals surface area contributed by atoms with Gasteiger partial charge in [-0.15, -0.1) is 0 Å². The Bertz CT molecular complexity index is 766. The first-order valence-corrected chi connectivity index (χ1v) is 8.02. The molecule has 0 aliphatic carbocycles. The quantitative estimate of drug-likeness (QED) is 0.629. The number of ether oxygens (including phenoxy) is 3. The fraction of sp³-hybridized carbons (Fsp3) is 0.188. The Hall–Kier alpha value is -1.92. The first-order chi connectivity index (χ1) is 11.0. The SMILES string of the molecule is Nc1cc(C(=O)OCc2cc3c(cc2Br)OCCO3)ccc1Cl. The average Bonchev–Trinajstić information content (AvgIpc) is 2.55. The normalized spacial score (nSPS) is 12.8. The van der Waals surface area contributed by atoms with Gasteiger partial charge in [0.05, 0.1) is 16.3 Å². The van der Waals surface area contributed by atoms with Crippen molar-refractivity contribution < 1.29 is 19.0 Å². The lowest BCUT2D eigenvalue weighted by Crippen LogP contribution is -2.15. The molecule has 1 aliphatic heterocycles. The lowest BCUT2D eigenvalue weighted by molar-refractivity contribution is 0.0471. The van der Waals surface area contributed by atoms with Crippen LogP contribution in [0, 0.1) is 0 Å². The lowest BCUT2D eigenvalue weighted by Gasteiger charge is -2.19. The maximum Gasteiger partial charge on any atom is 0.338 e. The van der Waals surface area contributed by atoms with E-state index in [0.29, 0.717) is 41.0 Å². The van der Waals surface area contributed by atoms with E-state index in [4.69, 9.17) is 31.5 Å². The highest BCUT2D eigenvalue weighted by Crippen LogP contribution is 2.35. The van der Waals surface area contributed by atoms with Crippen LogP contribution < -0.4 is 15.2 Å². The summed E-state index contributed by atoms with van der Waals surface area (Å²) in [5, 5.41) is 0.399. The molecular weight excluding hydrogens is 386 g/mol. The number of nitrogen functional groups attached to an aromatic ring is 1. The van der Waals surface area contributed by atoms with Gasteiger partial charge in [0.25, 0.3) is 0 Å². The van der Waals surface area contributed by atoms with E-state index < -0.39 is 5.97 Å². The number of esters is 1. The van der Waals surface area contributed by atoms with Crippen LogP contribution in [-0.2, 0) is 11.3 Å². The molecule has 3 rings (SSSR count). The highest BCUT2D eigenvalue weighted by atomic mass is 79.9. The largest absolute Gasteiger partial charge is 0.486 e. The molecule has 1 heterocycles. The summed E-state index contributed by atoms with van der Waals surface area (Å²) in [6, 6.07) is 8.22. The molecular formula is C16H13BrClNO4. The first kappa shape index (κ1) is 16.0. The zero-order valence-corrected chi connectivity index (χ0v) is 14.3. The van der Waals surface area contributed by atoms with Gasteiger partial charge in [0.15, 0.2) is 11.5 Å². The van der Waals surface area contributed by atoms with Gasteiger partial charge in [-0.05, 0) is 30.3 Å². The second-order valence-corrected chi connectivity index (χ2v) is 6.16. The third-order valence-electron chi connectivity index (χ3n) is 3.30. The molecule has 0 aromatic heterocycles. The number of nitrogens with two attached hydrogens (primary N) is 1. The average molecular weight is 399 g/mol. The van der Waals surface area contributed by atoms with Crippen LogP contribution in [0.5, 0.6) is 11.5 Å². The Balaban J connectivity index is 1.72. The molecule has 120 valence electrons. The molecule has 0 saturated heterocycles. The summed E-state index contributed by atoms with van der Waals surface area (Å²) < 4.78 is 17.1. The molecule has 2 N–H and O–H groups in total. The molecule has 0 unspecified atom stereocenters. The standard InChI is InChI=1S/C16H13BrClNO4/c17-11-7-15-14(21-3-4-22-15)6-10(11)8-23-16(20)9-1-2-12(18)13(19)5-9/h1-2,5-7H,3-4,8,19H2. The molecule has 0 atom stereocenters. The van der Waals surface area contributed by atoms with Gasteiger partial charge in [-0.25, -0.2) is 4.79 Å². The Morgan fingerprint density at radius 3 is 2.61 bits per heavy atom. The van der Waals surface area contributed by atoms with Crippen LogP contribution in [0.4, 0.5) is 5.69 Å². The first-order valence-electron chi connectivity index (χ1n) is 6.85. The zero-order valence-electron chi connectivity index (χ0n) is 12.0. The molecule has 0 spiro atoms. The summed E-state index contributed by atoms with van der Waals surface area (Å²) in [4.78, 5) is 12.1. The van der Waals surface area contributed by atoms with Crippen molar-refractivity contribution >= 4 is 39.2 Å². The molecule has 7 heteroatoms. The third kappa shape index (κ3) is 3.54. The van der Waals surface area contributed by atoms with Crippen LogP contribution in [0.3, 0.4) is 0 Å². The molecule has 0 saturated carbocycles. The van der Waals surface area contributed by atoms with E-state index >= 15 is 0 Å². The second kappa shape index (κ2) is 6.68. The molecule has 0 bridgehead atoms. The molecule has 2 aromatic rings. The number of carbonyl (C=O) groups is 1. The number of rotatable bonds is 3. The number of carbonyl (C=O) groups excluding carboxylic acids is 1. The predicted octanol–water partition coefficient (Wildman–Crippen LogP) is 3.81. The summed E-state index contributed by atoms with van der Waals surface area (Å²) in [5.41, 5.74) is 7.15. The van der Waals surface area contributed by atoms with E-state index in [2.05, 4.69) is 15.9 Å². The summed E-state index contributed by atoms with van der Waals surface area (Å²) in [7, 11) is 0. The highest BCUT2D eigenvalue weighted by molar-refractivity contribution is 9.10. The zero-order chi connectivity index (χ0) is 16.4. The summed E-state index contributed by atoms with van der Waals surface area (Å²) in [6.45, 7) is 1.11. The fourth-order valence-electron chi connectivity index (χ4n) is 2.11. The van der Waals surface area contributed by atoms with Crippen molar-refractivity contribution in [1.29, 1.82) is 0 Å². The fourth-order valence-corrected chi connectivity index (χ4v) is 2.67. The molecule has 1 aliphatic rings. The van der Waals surface area contributed by atoms with Crippen molar-refractivity contribution in [3.63, 3.8) is 0 Å². The van der Waals surface area contributed by atoms with Gasteiger partial charge in [-0.2, -0.15) is 0 Å². The van der Waals surface area contributed by atoms with Gasteiger partial charge >= 0.3 is 5.97 Å². The van der Waals surface area contributed by atoms with E-state index in [1.807, 2.05) is 0 Å². The van der Waals surface area contributed by atoms with E-state index in [9.17, 15) is 4.79 Å². The van der Waals surface area contributed by atoms with E-state index in [0.717, 1.165) is 10.0 Å². The minimum absolute atomic E-state index is 0.0958. The topological polar surface area (TPSA) is 70.8 Å². The minimum Gasteiger partial charge on any atom is -0.486 e. The van der Waals surface area contributed by atoms with Crippen LogP contribution in [0.25, 0.3) is 0 Å². The van der Waals surface area contributed by atoms with Crippen molar-refractivity contribution in [2.45, 2.75) is 6.61 Å². The number of halogens is 2. The van der Waals surface area contributed by atoms with Gasteiger partial charge < -0.3 is 19.9 Å². The van der Waals surface area contributed by atoms with Gasteiger partial charge in [0.1, 0.15) is 19.8 Å². The van der Waals surface area contributed by atoms with Crippen LogP contribution >= 0.6 is 27.5 Å². The smallest absolute Gasteiger partial charge is 0.338 e. The maximum absolute atomic E-state index is 12.1. The maximum atomic E-state index is 12.1. The molecule has 5 nitrogen and oxygen atoms in total. The Kier molecular flexibility index (Phi) is 4.63. The van der Waals surface area contributed by atoms with Crippen LogP contribution in [0.2, 0.25) is 5.02 Å². The molecule has 0 radical (unpaired) electrons. The Morgan fingerprint density at radius 2 is 1.91 bits per heavy atom. The molecule has 0 amide bonds. The summed E-state index contributed by atoms with van der Waals surface area (Å²) >= 11 is 9.28. The Morgan fingerprint density at radius 1 is 1.22 bits per heavy atom.